The summed E-state index contributed by atoms with van der Waals surface area (Å²) in [5, 5.41) is 10.7. The monoisotopic (exact) mass is 347 g/mol. The van der Waals surface area contributed by atoms with Gasteiger partial charge in [-0.2, -0.15) is 0 Å². The number of aromatic nitrogens is 2. The number of benzene rings is 1. The number of ether oxygens (including phenoxy) is 1. The zero-order valence-electron chi connectivity index (χ0n) is 14.1. The fourth-order valence-corrected chi connectivity index (χ4v) is 2.89. The molecule has 0 radical (unpaired) electrons. The molecule has 24 heavy (non-hydrogen) atoms. The number of hydrogen-bond donors (Lipinski definition) is 0. The van der Waals surface area contributed by atoms with Gasteiger partial charge in [0.1, 0.15) is 6.73 Å². The topological polar surface area (TPSA) is 87.3 Å². The molecule has 0 atom stereocenters. The van der Waals surface area contributed by atoms with E-state index in [1.54, 1.807) is 22.9 Å². The minimum absolute atomic E-state index is 0.0202. The first-order chi connectivity index (χ1) is 11.3. The Labute approximate surface area is 141 Å². The number of imidazole rings is 1. The van der Waals surface area contributed by atoms with Crippen LogP contribution < -0.4 is 0 Å². The van der Waals surface area contributed by atoms with Gasteiger partial charge in [0.05, 0.1) is 16.8 Å². The molecule has 0 saturated carbocycles. The van der Waals surface area contributed by atoms with Crippen molar-refractivity contribution in [2.45, 2.75) is 32.4 Å². The minimum Gasteiger partial charge on any atom is -0.361 e. The average molecular weight is 347 g/mol. The molecule has 0 N–H and O–H groups in total. The van der Waals surface area contributed by atoms with Crippen molar-refractivity contribution in [3.8, 4) is 11.3 Å². The molecule has 0 aliphatic rings. The molecule has 2 aromatic rings. The largest absolute Gasteiger partial charge is 0.361 e. The Morgan fingerprint density at radius 3 is 2.50 bits per heavy atom. The SMILES string of the molecule is C[Si](C)(C)CCOCn1c(-c2ccc([N+](=O)[O-])cc2)cnc1C=O. The van der Waals surface area contributed by atoms with Crippen molar-refractivity contribution >= 4 is 20.0 Å². The number of aldehydes is 1. The van der Waals surface area contributed by atoms with Crippen molar-refractivity contribution in [2.24, 2.45) is 0 Å². The summed E-state index contributed by atoms with van der Waals surface area (Å²) in [6.45, 7) is 7.67. The number of carbonyl (C=O) groups is 1. The second kappa shape index (κ2) is 7.50. The first-order valence-corrected chi connectivity index (χ1v) is 11.4. The van der Waals surface area contributed by atoms with Gasteiger partial charge in [-0.3, -0.25) is 19.5 Å². The van der Waals surface area contributed by atoms with Crippen molar-refractivity contribution < 1.29 is 14.5 Å². The zero-order valence-corrected chi connectivity index (χ0v) is 15.1. The Kier molecular flexibility index (Phi) is 5.63. The van der Waals surface area contributed by atoms with E-state index in [4.69, 9.17) is 4.74 Å². The van der Waals surface area contributed by atoms with Crippen LogP contribution in [0.2, 0.25) is 25.7 Å². The highest BCUT2D eigenvalue weighted by Gasteiger charge is 2.15. The number of nitrogens with zero attached hydrogens (tertiary/aromatic N) is 3. The maximum absolute atomic E-state index is 11.2. The van der Waals surface area contributed by atoms with Crippen molar-refractivity contribution in [1.82, 2.24) is 9.55 Å². The van der Waals surface area contributed by atoms with Gasteiger partial charge in [0.25, 0.3) is 5.69 Å². The van der Waals surface area contributed by atoms with Gasteiger partial charge in [0.2, 0.25) is 0 Å². The lowest BCUT2D eigenvalue weighted by Crippen LogP contribution is -2.22. The molecule has 1 heterocycles. The van der Waals surface area contributed by atoms with E-state index in [1.165, 1.54) is 12.1 Å². The van der Waals surface area contributed by atoms with Gasteiger partial charge in [-0.1, -0.05) is 19.6 Å². The summed E-state index contributed by atoms with van der Waals surface area (Å²) < 4.78 is 7.39. The van der Waals surface area contributed by atoms with Crippen LogP contribution in [-0.2, 0) is 11.5 Å². The van der Waals surface area contributed by atoms with Crippen LogP contribution in [0.4, 0.5) is 5.69 Å². The summed E-state index contributed by atoms with van der Waals surface area (Å²) in [6.07, 6.45) is 2.25. The summed E-state index contributed by atoms with van der Waals surface area (Å²) in [6, 6.07) is 7.17. The highest BCUT2D eigenvalue weighted by atomic mass is 28.3. The lowest BCUT2D eigenvalue weighted by Gasteiger charge is -2.16. The Morgan fingerprint density at radius 1 is 1.29 bits per heavy atom. The number of nitro groups is 1. The Morgan fingerprint density at radius 2 is 1.96 bits per heavy atom. The lowest BCUT2D eigenvalue weighted by molar-refractivity contribution is -0.384. The molecular formula is C16H21N3O4Si. The molecule has 2 rings (SSSR count). The van der Waals surface area contributed by atoms with E-state index in [0.717, 1.165) is 11.6 Å². The highest BCUT2D eigenvalue weighted by molar-refractivity contribution is 6.76. The molecule has 0 aliphatic carbocycles. The molecule has 128 valence electrons. The summed E-state index contributed by atoms with van der Waals surface area (Å²) in [4.78, 5) is 25.6. The molecule has 0 bridgehead atoms. The molecule has 0 unspecified atom stereocenters. The summed E-state index contributed by atoms with van der Waals surface area (Å²) in [5.41, 5.74) is 1.46. The number of carbonyl (C=O) groups excluding carboxylic acids is 1. The summed E-state index contributed by atoms with van der Waals surface area (Å²) >= 11 is 0. The molecule has 0 saturated heterocycles. The number of nitro benzene ring substituents is 1. The van der Waals surface area contributed by atoms with Crippen LogP contribution in [0.3, 0.4) is 0 Å². The quantitative estimate of drug-likeness (QED) is 0.239. The van der Waals surface area contributed by atoms with Crippen LogP contribution in [0.1, 0.15) is 10.6 Å². The van der Waals surface area contributed by atoms with Crippen LogP contribution in [0.5, 0.6) is 0 Å². The fraction of sp³-hybridized carbons (Fsp3) is 0.375. The predicted molar refractivity (Wildman–Crippen MR) is 93.8 cm³/mol. The van der Waals surface area contributed by atoms with Gasteiger partial charge in [0.15, 0.2) is 12.1 Å². The van der Waals surface area contributed by atoms with Crippen LogP contribution in [0.25, 0.3) is 11.3 Å². The van der Waals surface area contributed by atoms with E-state index < -0.39 is 13.0 Å². The average Bonchev–Trinajstić information content (AvgIpc) is 2.93. The standard InChI is InChI=1S/C16H21N3O4Si/c1-24(2,3)9-8-23-12-18-15(10-17-16(18)11-20)13-4-6-14(7-5-13)19(21)22/h4-7,10-11H,8-9,12H2,1-3H3. The van der Waals surface area contributed by atoms with Gasteiger partial charge < -0.3 is 4.74 Å². The molecule has 8 heteroatoms. The number of hydrogen-bond acceptors (Lipinski definition) is 5. The number of rotatable bonds is 8. The van der Waals surface area contributed by atoms with E-state index in [0.29, 0.717) is 18.6 Å². The summed E-state index contributed by atoms with van der Waals surface area (Å²) in [5.74, 6) is 0.274. The fourth-order valence-electron chi connectivity index (χ4n) is 2.14. The zero-order chi connectivity index (χ0) is 17.7. The third-order valence-electron chi connectivity index (χ3n) is 3.58. The Hall–Kier alpha value is -2.32. The highest BCUT2D eigenvalue weighted by Crippen LogP contribution is 2.23. The lowest BCUT2D eigenvalue weighted by atomic mass is 10.1. The smallest absolute Gasteiger partial charge is 0.269 e. The minimum atomic E-state index is -1.18. The van der Waals surface area contributed by atoms with Crippen molar-refractivity contribution in [2.75, 3.05) is 6.61 Å². The molecule has 1 aromatic heterocycles. The van der Waals surface area contributed by atoms with Crippen LogP contribution in [0.15, 0.2) is 30.5 Å². The molecule has 0 fully saturated rings. The van der Waals surface area contributed by atoms with Gasteiger partial charge in [-0.25, -0.2) is 4.98 Å². The van der Waals surface area contributed by atoms with Gasteiger partial charge in [-0.15, -0.1) is 0 Å². The third-order valence-corrected chi connectivity index (χ3v) is 5.29. The van der Waals surface area contributed by atoms with E-state index in [-0.39, 0.29) is 18.2 Å². The second-order valence-electron chi connectivity index (χ2n) is 6.70. The molecule has 0 spiro atoms. The van der Waals surface area contributed by atoms with Crippen molar-refractivity contribution in [3.05, 3.63) is 46.4 Å². The Balaban J connectivity index is 2.17. The van der Waals surface area contributed by atoms with Crippen LogP contribution >= 0.6 is 0 Å². The van der Waals surface area contributed by atoms with Crippen LogP contribution in [0, 0.1) is 10.1 Å². The van der Waals surface area contributed by atoms with Crippen molar-refractivity contribution in [3.63, 3.8) is 0 Å². The molecule has 1 aromatic carbocycles. The molecular weight excluding hydrogens is 326 g/mol. The first kappa shape index (κ1) is 18.0. The summed E-state index contributed by atoms with van der Waals surface area (Å²) in [7, 11) is -1.18. The molecule has 7 nitrogen and oxygen atoms in total. The normalized spacial score (nSPS) is 11.5. The van der Waals surface area contributed by atoms with E-state index in [1.807, 2.05) is 0 Å². The maximum atomic E-state index is 11.2. The molecule has 0 aliphatic heterocycles. The predicted octanol–water partition coefficient (Wildman–Crippen LogP) is 3.58. The maximum Gasteiger partial charge on any atom is 0.269 e. The third kappa shape index (κ3) is 4.59. The van der Waals surface area contributed by atoms with E-state index in [2.05, 4.69) is 24.6 Å². The van der Waals surface area contributed by atoms with Gasteiger partial charge in [0, 0.05) is 32.4 Å². The molecule has 0 amide bonds. The number of non-ortho nitro benzene ring substituents is 1. The first-order valence-electron chi connectivity index (χ1n) is 7.65. The van der Waals surface area contributed by atoms with E-state index in [9.17, 15) is 14.9 Å². The Bertz CT molecular complexity index is 720. The second-order valence-corrected chi connectivity index (χ2v) is 12.3. The van der Waals surface area contributed by atoms with Gasteiger partial charge >= 0.3 is 0 Å². The van der Waals surface area contributed by atoms with Gasteiger partial charge in [-0.05, 0) is 18.2 Å². The van der Waals surface area contributed by atoms with Crippen LogP contribution in [-0.4, -0.2) is 35.4 Å². The van der Waals surface area contributed by atoms with Crippen molar-refractivity contribution in [1.29, 1.82) is 0 Å². The van der Waals surface area contributed by atoms with E-state index >= 15 is 0 Å².